The predicted octanol–water partition coefficient (Wildman–Crippen LogP) is 6.42. The lowest BCUT2D eigenvalue weighted by Gasteiger charge is -2.23. The summed E-state index contributed by atoms with van der Waals surface area (Å²) in [5, 5.41) is 33.2. The average molecular weight is 650 g/mol. The van der Waals surface area contributed by atoms with Gasteiger partial charge in [-0.1, -0.05) is 24.3 Å². The number of nitrogens with zero attached hydrogens (tertiary/aromatic N) is 6. The molecule has 3 aromatic carbocycles. The first kappa shape index (κ1) is 33.3. The lowest BCUT2D eigenvalue weighted by molar-refractivity contribution is 0.00892. The third-order valence-electron chi connectivity index (χ3n) is 7.40. The third-order valence-corrected chi connectivity index (χ3v) is 7.40. The number of carbonyl (C=O) groups excluding carboxylic acids is 2. The smallest absolute Gasteiger partial charge is 0.428 e. The Balaban J connectivity index is 1.71. The number of alkyl carbamates (subject to hydrolysis) is 1. The summed E-state index contributed by atoms with van der Waals surface area (Å²) in [6, 6.07) is 15.6. The van der Waals surface area contributed by atoms with Crippen molar-refractivity contribution in [1.29, 1.82) is 10.5 Å². The molecule has 0 spiro atoms. The van der Waals surface area contributed by atoms with Crippen LogP contribution < -0.4 is 10.9 Å². The molecule has 0 bridgehead atoms. The first-order valence-corrected chi connectivity index (χ1v) is 14.9. The van der Waals surface area contributed by atoms with Crippen molar-refractivity contribution in [2.24, 2.45) is 7.05 Å². The Morgan fingerprint density at radius 1 is 1.02 bits per heavy atom. The van der Waals surface area contributed by atoms with E-state index in [2.05, 4.69) is 27.7 Å². The number of amides is 1. The molecule has 1 amide bonds. The van der Waals surface area contributed by atoms with Crippen molar-refractivity contribution in [2.75, 3.05) is 0 Å². The number of hydrogen-bond donors (Lipinski definition) is 1. The molecule has 0 radical (unpaired) electrons. The van der Waals surface area contributed by atoms with E-state index < -0.39 is 34.8 Å². The molecule has 12 nitrogen and oxygen atoms in total. The van der Waals surface area contributed by atoms with Crippen molar-refractivity contribution in [3.63, 3.8) is 0 Å². The standard InChI is InChI=1S/C35H32FN7O5/c1-34(2,3)43-31(44)28-21(15-37)12-20(13-23(28)27(41-43)18-39-32(45)47-33(46)48-35(4,5)6)25-17-40-42(7)30(25)29-24(16-38)22-11-9-8-10-19(22)14-26(29)36/h8-14,17H,18H2,1-7H3,(H,39,45). The van der Waals surface area contributed by atoms with Gasteiger partial charge in [-0.05, 0) is 70.7 Å². The zero-order valence-corrected chi connectivity index (χ0v) is 27.4. The summed E-state index contributed by atoms with van der Waals surface area (Å²) in [7, 11) is 1.61. The largest absolute Gasteiger partial charge is 0.517 e. The van der Waals surface area contributed by atoms with Gasteiger partial charge >= 0.3 is 12.2 Å². The normalized spacial score (nSPS) is 11.6. The Morgan fingerprint density at radius 2 is 1.73 bits per heavy atom. The molecule has 244 valence electrons. The van der Waals surface area contributed by atoms with Crippen LogP contribution in [-0.4, -0.2) is 37.4 Å². The molecule has 0 aliphatic carbocycles. The van der Waals surface area contributed by atoms with Crippen LogP contribution in [0, 0.1) is 28.5 Å². The van der Waals surface area contributed by atoms with Crippen LogP contribution in [0.25, 0.3) is 43.9 Å². The Bertz CT molecular complexity index is 2280. The van der Waals surface area contributed by atoms with Crippen LogP contribution in [0.5, 0.6) is 0 Å². The summed E-state index contributed by atoms with van der Waals surface area (Å²) in [6.07, 6.45) is -0.837. The van der Waals surface area contributed by atoms with Crippen molar-refractivity contribution in [1.82, 2.24) is 24.9 Å². The van der Waals surface area contributed by atoms with Crippen LogP contribution in [0.1, 0.15) is 58.4 Å². The fourth-order valence-electron chi connectivity index (χ4n) is 5.40. The second-order valence-electron chi connectivity index (χ2n) is 13.1. The number of fused-ring (bicyclic) bond motifs is 2. The number of ether oxygens (including phenoxy) is 2. The van der Waals surface area contributed by atoms with Crippen LogP contribution in [-0.2, 0) is 28.6 Å². The summed E-state index contributed by atoms with van der Waals surface area (Å²) < 4.78 is 28.2. The number of aromatic nitrogens is 4. The second-order valence-corrected chi connectivity index (χ2v) is 13.1. The zero-order valence-electron chi connectivity index (χ0n) is 27.4. The van der Waals surface area contributed by atoms with E-state index in [-0.39, 0.29) is 45.4 Å². The number of nitrogens with one attached hydrogen (secondary N) is 1. The van der Waals surface area contributed by atoms with Gasteiger partial charge in [-0.15, -0.1) is 0 Å². The van der Waals surface area contributed by atoms with E-state index in [1.165, 1.54) is 27.7 Å². The van der Waals surface area contributed by atoms with E-state index in [1.807, 2.05) is 0 Å². The van der Waals surface area contributed by atoms with Crippen molar-refractivity contribution >= 4 is 33.8 Å². The first-order valence-electron chi connectivity index (χ1n) is 14.9. The highest BCUT2D eigenvalue weighted by atomic mass is 19.1. The monoisotopic (exact) mass is 649 g/mol. The van der Waals surface area contributed by atoms with Gasteiger partial charge in [-0.25, -0.2) is 18.7 Å². The molecule has 2 heterocycles. The van der Waals surface area contributed by atoms with Gasteiger partial charge in [0, 0.05) is 23.4 Å². The molecule has 13 heteroatoms. The SMILES string of the molecule is Cn1ncc(-c2cc(C#N)c3c(=O)n(C(C)(C)C)nc(CNC(=O)OC(=O)OC(C)(C)C)c3c2)c1-c1c(F)cc2ccccc2c1C#N. The van der Waals surface area contributed by atoms with Gasteiger partial charge in [0.05, 0.1) is 51.7 Å². The Hall–Kier alpha value is -6.08. The maximum atomic E-state index is 15.9. The highest BCUT2D eigenvalue weighted by molar-refractivity contribution is 5.99. The summed E-state index contributed by atoms with van der Waals surface area (Å²) in [4.78, 5) is 38.4. The minimum Gasteiger partial charge on any atom is -0.428 e. The molecule has 0 aliphatic rings. The summed E-state index contributed by atoms with van der Waals surface area (Å²) in [5.74, 6) is -0.639. The van der Waals surface area contributed by atoms with E-state index in [0.717, 1.165) is 0 Å². The molecule has 0 unspecified atom stereocenters. The van der Waals surface area contributed by atoms with E-state index >= 15 is 4.39 Å². The molecule has 0 fully saturated rings. The third kappa shape index (κ3) is 6.31. The number of carbonyl (C=O) groups is 2. The summed E-state index contributed by atoms with van der Waals surface area (Å²) in [5.41, 5.74) is -0.905. The van der Waals surface area contributed by atoms with Gasteiger partial charge in [-0.2, -0.15) is 20.7 Å². The molecule has 0 aliphatic heterocycles. The van der Waals surface area contributed by atoms with Gasteiger partial charge in [0.25, 0.3) is 5.56 Å². The zero-order chi connectivity index (χ0) is 35.1. The highest BCUT2D eigenvalue weighted by Gasteiger charge is 2.27. The number of rotatable bonds is 4. The maximum absolute atomic E-state index is 15.9. The quantitative estimate of drug-likeness (QED) is 0.171. The van der Waals surface area contributed by atoms with Gasteiger partial charge in [0.2, 0.25) is 0 Å². The molecule has 48 heavy (non-hydrogen) atoms. The van der Waals surface area contributed by atoms with Gasteiger partial charge < -0.3 is 14.8 Å². The number of aryl methyl sites for hydroxylation is 1. The fraction of sp³-hybridized carbons (Fsp3) is 0.286. The molecule has 5 aromatic rings. The molecular weight excluding hydrogens is 617 g/mol. The van der Waals surface area contributed by atoms with E-state index in [1.54, 1.807) is 78.9 Å². The van der Waals surface area contributed by atoms with Crippen molar-refractivity contribution < 1.29 is 23.5 Å². The number of nitriles is 2. The van der Waals surface area contributed by atoms with Gasteiger partial charge in [0.15, 0.2) is 0 Å². The summed E-state index contributed by atoms with van der Waals surface area (Å²) in [6.45, 7) is 9.82. The molecule has 2 aromatic heterocycles. The molecule has 5 rings (SSSR count). The van der Waals surface area contributed by atoms with Gasteiger partial charge in [-0.3, -0.25) is 9.48 Å². The lowest BCUT2D eigenvalue weighted by Crippen LogP contribution is -2.38. The fourth-order valence-corrected chi connectivity index (χ4v) is 5.40. The second kappa shape index (κ2) is 12.3. The molecule has 0 atom stereocenters. The van der Waals surface area contributed by atoms with Crippen LogP contribution in [0.4, 0.5) is 14.0 Å². The van der Waals surface area contributed by atoms with Crippen LogP contribution in [0.3, 0.4) is 0 Å². The Kier molecular flexibility index (Phi) is 8.50. The minimum absolute atomic E-state index is 0.000209. The predicted molar refractivity (Wildman–Crippen MR) is 175 cm³/mol. The Labute approximate surface area is 274 Å². The Morgan fingerprint density at radius 3 is 2.38 bits per heavy atom. The molecule has 0 saturated carbocycles. The molecule has 1 N–H and O–H groups in total. The number of halogens is 1. The van der Waals surface area contributed by atoms with Crippen LogP contribution >= 0.6 is 0 Å². The topological polar surface area (TPSA) is 165 Å². The maximum Gasteiger partial charge on any atom is 0.517 e. The van der Waals surface area contributed by atoms with E-state index in [0.29, 0.717) is 21.9 Å². The van der Waals surface area contributed by atoms with Crippen molar-refractivity contribution in [2.45, 2.75) is 59.2 Å². The van der Waals surface area contributed by atoms with Crippen LogP contribution in [0.15, 0.2) is 53.5 Å². The number of benzene rings is 3. The lowest BCUT2D eigenvalue weighted by atomic mass is 9.92. The summed E-state index contributed by atoms with van der Waals surface area (Å²) >= 11 is 0. The number of hydrogen-bond acceptors (Lipinski definition) is 9. The minimum atomic E-state index is -1.20. The molecule has 0 saturated heterocycles. The van der Waals surface area contributed by atoms with Gasteiger partial charge in [0.1, 0.15) is 23.6 Å². The van der Waals surface area contributed by atoms with E-state index in [4.69, 9.17) is 9.47 Å². The van der Waals surface area contributed by atoms with Crippen molar-refractivity contribution in [3.8, 4) is 34.5 Å². The highest BCUT2D eigenvalue weighted by Crippen LogP contribution is 2.39. The average Bonchev–Trinajstić information content (AvgIpc) is 3.38. The van der Waals surface area contributed by atoms with E-state index in [9.17, 15) is 24.9 Å². The van der Waals surface area contributed by atoms with Crippen molar-refractivity contribution in [3.05, 3.63) is 81.7 Å². The molecular formula is C35H32FN7O5. The first-order chi connectivity index (χ1) is 22.5. The van der Waals surface area contributed by atoms with Crippen LogP contribution in [0.2, 0.25) is 0 Å².